The van der Waals surface area contributed by atoms with E-state index in [0.717, 1.165) is 18.7 Å². The quantitative estimate of drug-likeness (QED) is 0.719. The molecule has 0 aliphatic heterocycles. The first-order chi connectivity index (χ1) is 10.7. The van der Waals surface area contributed by atoms with Crippen LogP contribution < -0.4 is 0 Å². The van der Waals surface area contributed by atoms with Gasteiger partial charge in [-0.2, -0.15) is 4.98 Å². The normalized spacial score (nSPS) is 10.8. The van der Waals surface area contributed by atoms with Crippen LogP contribution in [0.3, 0.4) is 0 Å². The maximum Gasteiger partial charge on any atom is 0.226 e. The van der Waals surface area contributed by atoms with Crippen molar-refractivity contribution in [3.8, 4) is 0 Å². The highest BCUT2D eigenvalue weighted by Gasteiger charge is 2.07. The lowest BCUT2D eigenvalue weighted by Gasteiger charge is -2.02. The van der Waals surface area contributed by atoms with Gasteiger partial charge in [0.05, 0.1) is 18.4 Å². The van der Waals surface area contributed by atoms with Gasteiger partial charge in [-0.15, -0.1) is 0 Å². The van der Waals surface area contributed by atoms with Gasteiger partial charge in [0.2, 0.25) is 10.6 Å². The lowest BCUT2D eigenvalue weighted by atomic mass is 10.1. The molecule has 0 radical (unpaired) electrons. The molecule has 0 amide bonds. The molecule has 0 aliphatic rings. The SMILES string of the molecule is Clc1nc(Cl)nc(Cc2cn(CCc3ccccc3)cn2)n1. The number of hydrogen-bond donors (Lipinski definition) is 0. The summed E-state index contributed by atoms with van der Waals surface area (Å²) in [6.45, 7) is 0.871. The largest absolute Gasteiger partial charge is 0.337 e. The molecule has 0 N–H and O–H groups in total. The summed E-state index contributed by atoms with van der Waals surface area (Å²) < 4.78 is 2.05. The highest BCUT2D eigenvalue weighted by molar-refractivity contribution is 6.30. The first kappa shape index (κ1) is 14.9. The van der Waals surface area contributed by atoms with Gasteiger partial charge in [0.1, 0.15) is 5.82 Å². The van der Waals surface area contributed by atoms with E-state index in [9.17, 15) is 0 Å². The number of aryl methyl sites for hydroxylation is 2. The monoisotopic (exact) mass is 333 g/mol. The van der Waals surface area contributed by atoms with Crippen LogP contribution in [0.15, 0.2) is 42.9 Å². The van der Waals surface area contributed by atoms with Crippen LogP contribution in [0.4, 0.5) is 0 Å². The molecule has 2 heterocycles. The first-order valence-corrected chi connectivity index (χ1v) is 7.55. The Morgan fingerprint density at radius 1 is 0.955 bits per heavy atom. The van der Waals surface area contributed by atoms with Crippen LogP contribution >= 0.6 is 23.2 Å². The van der Waals surface area contributed by atoms with Crippen molar-refractivity contribution in [2.45, 2.75) is 19.4 Å². The van der Waals surface area contributed by atoms with E-state index in [-0.39, 0.29) is 10.6 Å². The summed E-state index contributed by atoms with van der Waals surface area (Å²) in [4.78, 5) is 16.2. The zero-order chi connectivity index (χ0) is 15.4. The summed E-state index contributed by atoms with van der Waals surface area (Å²) in [5.74, 6) is 0.512. The molecular weight excluding hydrogens is 321 g/mol. The van der Waals surface area contributed by atoms with E-state index in [1.54, 1.807) is 0 Å². The molecule has 3 aromatic rings. The molecule has 112 valence electrons. The maximum atomic E-state index is 5.77. The summed E-state index contributed by atoms with van der Waals surface area (Å²) in [7, 11) is 0. The van der Waals surface area contributed by atoms with E-state index in [0.29, 0.717) is 12.2 Å². The number of benzene rings is 1. The van der Waals surface area contributed by atoms with E-state index < -0.39 is 0 Å². The molecular formula is C15H13Cl2N5. The molecule has 0 unspecified atom stereocenters. The van der Waals surface area contributed by atoms with Crippen molar-refractivity contribution in [3.05, 3.63) is 70.5 Å². The van der Waals surface area contributed by atoms with Gasteiger partial charge in [0, 0.05) is 12.7 Å². The Bertz CT molecular complexity index is 737. The Morgan fingerprint density at radius 3 is 2.41 bits per heavy atom. The Balaban J connectivity index is 1.63. The topological polar surface area (TPSA) is 56.5 Å². The molecule has 0 atom stereocenters. The third kappa shape index (κ3) is 4.02. The fraction of sp³-hybridized carbons (Fsp3) is 0.200. The van der Waals surface area contributed by atoms with Crippen LogP contribution in [0.5, 0.6) is 0 Å². The van der Waals surface area contributed by atoms with Crippen molar-refractivity contribution < 1.29 is 0 Å². The van der Waals surface area contributed by atoms with Crippen molar-refractivity contribution in [3.63, 3.8) is 0 Å². The second kappa shape index (κ2) is 6.85. The van der Waals surface area contributed by atoms with E-state index >= 15 is 0 Å². The van der Waals surface area contributed by atoms with E-state index in [4.69, 9.17) is 23.2 Å². The lowest BCUT2D eigenvalue weighted by molar-refractivity contribution is 0.695. The van der Waals surface area contributed by atoms with Gasteiger partial charge in [-0.05, 0) is 35.2 Å². The van der Waals surface area contributed by atoms with Gasteiger partial charge >= 0.3 is 0 Å². The van der Waals surface area contributed by atoms with Crippen molar-refractivity contribution >= 4 is 23.2 Å². The minimum Gasteiger partial charge on any atom is -0.337 e. The number of aromatic nitrogens is 5. The molecule has 5 nitrogen and oxygen atoms in total. The average molecular weight is 334 g/mol. The molecule has 2 aromatic heterocycles. The number of rotatable bonds is 5. The number of hydrogen-bond acceptors (Lipinski definition) is 4. The lowest BCUT2D eigenvalue weighted by Crippen LogP contribution is -2.00. The van der Waals surface area contributed by atoms with Crippen LogP contribution in [-0.4, -0.2) is 24.5 Å². The van der Waals surface area contributed by atoms with Crippen LogP contribution in [0, 0.1) is 0 Å². The number of halogens is 2. The maximum absolute atomic E-state index is 5.77. The number of imidazole rings is 1. The standard InChI is InChI=1S/C15H13Cl2N5/c16-14-19-13(20-15(17)21-14)8-12-9-22(10-18-12)7-6-11-4-2-1-3-5-11/h1-5,9-10H,6-8H2. The molecule has 0 saturated heterocycles. The third-order valence-electron chi connectivity index (χ3n) is 3.15. The Labute approximate surface area is 138 Å². The molecule has 0 fully saturated rings. The van der Waals surface area contributed by atoms with Gasteiger partial charge in [-0.1, -0.05) is 30.3 Å². The summed E-state index contributed by atoms with van der Waals surface area (Å²) in [5, 5.41) is 0.192. The average Bonchev–Trinajstić information content (AvgIpc) is 2.93. The first-order valence-electron chi connectivity index (χ1n) is 6.79. The summed E-state index contributed by atoms with van der Waals surface area (Å²) in [6, 6.07) is 10.3. The van der Waals surface area contributed by atoms with Crippen molar-refractivity contribution in [2.75, 3.05) is 0 Å². The zero-order valence-corrected chi connectivity index (χ0v) is 13.2. The molecule has 1 aromatic carbocycles. The van der Waals surface area contributed by atoms with E-state index in [2.05, 4.69) is 32.1 Å². The van der Waals surface area contributed by atoms with Crippen LogP contribution in [0.2, 0.25) is 10.6 Å². The second-order valence-corrected chi connectivity index (χ2v) is 5.48. The highest BCUT2D eigenvalue weighted by Crippen LogP contribution is 2.10. The molecule has 3 rings (SSSR count). The zero-order valence-electron chi connectivity index (χ0n) is 11.7. The summed E-state index contributed by atoms with van der Waals surface area (Å²) in [6.07, 6.45) is 5.22. The summed E-state index contributed by atoms with van der Waals surface area (Å²) in [5.41, 5.74) is 2.17. The molecule has 0 spiro atoms. The molecule has 0 bridgehead atoms. The van der Waals surface area contributed by atoms with Gasteiger partial charge < -0.3 is 4.57 Å². The minimum absolute atomic E-state index is 0.0958. The predicted molar refractivity (Wildman–Crippen MR) is 85.0 cm³/mol. The highest BCUT2D eigenvalue weighted by atomic mass is 35.5. The van der Waals surface area contributed by atoms with Crippen LogP contribution in [0.25, 0.3) is 0 Å². The second-order valence-electron chi connectivity index (χ2n) is 4.80. The van der Waals surface area contributed by atoms with E-state index in [1.807, 2.05) is 35.3 Å². The van der Waals surface area contributed by atoms with Gasteiger partial charge in [0.15, 0.2) is 0 Å². The summed E-state index contributed by atoms with van der Waals surface area (Å²) >= 11 is 11.5. The number of nitrogens with zero attached hydrogens (tertiary/aromatic N) is 5. The van der Waals surface area contributed by atoms with Crippen molar-refractivity contribution in [1.29, 1.82) is 0 Å². The van der Waals surface area contributed by atoms with E-state index in [1.165, 1.54) is 5.56 Å². The molecule has 0 aliphatic carbocycles. The Hall–Kier alpha value is -1.98. The molecule has 7 heteroatoms. The molecule has 0 saturated carbocycles. The fourth-order valence-electron chi connectivity index (χ4n) is 2.13. The Morgan fingerprint density at radius 2 is 1.68 bits per heavy atom. The predicted octanol–water partition coefficient (Wildman–Crippen LogP) is 3.21. The van der Waals surface area contributed by atoms with Crippen molar-refractivity contribution in [2.24, 2.45) is 0 Å². The van der Waals surface area contributed by atoms with Crippen LogP contribution in [0.1, 0.15) is 17.1 Å². The van der Waals surface area contributed by atoms with Gasteiger partial charge in [-0.25, -0.2) is 15.0 Å². The smallest absolute Gasteiger partial charge is 0.226 e. The third-order valence-corrected chi connectivity index (χ3v) is 3.49. The minimum atomic E-state index is 0.0958. The fourth-order valence-corrected chi connectivity index (χ4v) is 2.53. The van der Waals surface area contributed by atoms with Crippen LogP contribution in [-0.2, 0) is 19.4 Å². The van der Waals surface area contributed by atoms with Gasteiger partial charge in [-0.3, -0.25) is 0 Å². The Kier molecular flexibility index (Phi) is 4.65. The van der Waals surface area contributed by atoms with Crippen molar-refractivity contribution in [1.82, 2.24) is 24.5 Å². The molecule has 22 heavy (non-hydrogen) atoms. The van der Waals surface area contributed by atoms with Gasteiger partial charge in [0.25, 0.3) is 0 Å².